The number of aromatic nitrogens is 2. The van der Waals surface area contributed by atoms with Crippen LogP contribution in [0.4, 0.5) is 0 Å². The zero-order valence-corrected chi connectivity index (χ0v) is 10.9. The van der Waals surface area contributed by atoms with E-state index >= 15 is 0 Å². The van der Waals surface area contributed by atoms with Crippen LogP contribution in [0, 0.1) is 0 Å². The van der Waals surface area contributed by atoms with E-state index in [9.17, 15) is 9.90 Å². The molecule has 0 bridgehead atoms. The molecule has 0 aliphatic heterocycles. The van der Waals surface area contributed by atoms with Gasteiger partial charge in [-0.05, 0) is 43.4 Å². The Labute approximate surface area is 111 Å². The van der Waals surface area contributed by atoms with Gasteiger partial charge in [0.25, 0.3) is 0 Å². The highest BCUT2D eigenvalue weighted by molar-refractivity contribution is 5.87. The quantitative estimate of drug-likeness (QED) is 0.918. The molecule has 0 fully saturated rings. The second-order valence-electron chi connectivity index (χ2n) is 4.87. The maximum atomic E-state index is 11.3. The van der Waals surface area contributed by atoms with Crippen molar-refractivity contribution < 1.29 is 9.90 Å². The number of carboxylic acids is 1. The first-order valence-corrected chi connectivity index (χ1v) is 6.64. The molecule has 0 saturated carbocycles. The van der Waals surface area contributed by atoms with Gasteiger partial charge in [0.15, 0.2) is 5.69 Å². The molecule has 1 aromatic carbocycles. The smallest absolute Gasteiger partial charge is 0.356 e. The van der Waals surface area contributed by atoms with Crippen molar-refractivity contribution in [1.82, 2.24) is 9.78 Å². The second kappa shape index (κ2) is 4.53. The van der Waals surface area contributed by atoms with Crippen LogP contribution in [-0.4, -0.2) is 20.9 Å². The molecule has 0 spiro atoms. The van der Waals surface area contributed by atoms with Crippen molar-refractivity contribution in [2.45, 2.75) is 32.6 Å². The minimum Gasteiger partial charge on any atom is -0.476 e. The van der Waals surface area contributed by atoms with Gasteiger partial charge in [0.05, 0.1) is 5.69 Å². The Morgan fingerprint density at radius 2 is 2.26 bits per heavy atom. The van der Waals surface area contributed by atoms with Gasteiger partial charge >= 0.3 is 5.97 Å². The summed E-state index contributed by atoms with van der Waals surface area (Å²) in [5.74, 6) is -0.927. The van der Waals surface area contributed by atoms with Crippen LogP contribution < -0.4 is 0 Å². The lowest BCUT2D eigenvalue weighted by molar-refractivity contribution is 0.0689. The largest absolute Gasteiger partial charge is 0.476 e. The van der Waals surface area contributed by atoms with Gasteiger partial charge in [0.1, 0.15) is 0 Å². The summed E-state index contributed by atoms with van der Waals surface area (Å²) in [7, 11) is 0. The fraction of sp³-hybridized carbons (Fsp3) is 0.333. The molecule has 0 radical (unpaired) electrons. The van der Waals surface area contributed by atoms with Crippen LogP contribution in [-0.2, 0) is 19.3 Å². The Morgan fingerprint density at radius 3 is 3.00 bits per heavy atom. The number of benzene rings is 1. The SMILES string of the molecule is CCc1cccc(-n2nc(C(=O)O)c3c2CCC3)c1. The van der Waals surface area contributed by atoms with Crippen LogP contribution >= 0.6 is 0 Å². The van der Waals surface area contributed by atoms with Gasteiger partial charge in [-0.2, -0.15) is 5.10 Å². The first kappa shape index (κ1) is 12.0. The van der Waals surface area contributed by atoms with Gasteiger partial charge in [-0.25, -0.2) is 9.48 Å². The van der Waals surface area contributed by atoms with Crippen LogP contribution in [0.15, 0.2) is 24.3 Å². The van der Waals surface area contributed by atoms with Crippen LogP contribution in [0.1, 0.15) is 40.7 Å². The van der Waals surface area contributed by atoms with Crippen molar-refractivity contribution in [2.75, 3.05) is 0 Å². The fourth-order valence-electron chi connectivity index (χ4n) is 2.73. The zero-order valence-electron chi connectivity index (χ0n) is 10.9. The van der Waals surface area contributed by atoms with Crippen LogP contribution in [0.2, 0.25) is 0 Å². The highest BCUT2D eigenvalue weighted by atomic mass is 16.4. The molecule has 19 heavy (non-hydrogen) atoms. The third-order valence-electron chi connectivity index (χ3n) is 3.70. The molecular formula is C15H16N2O2. The normalized spacial score (nSPS) is 13.5. The van der Waals surface area contributed by atoms with Gasteiger partial charge in [0.2, 0.25) is 0 Å². The van der Waals surface area contributed by atoms with Crippen molar-refractivity contribution in [1.29, 1.82) is 0 Å². The third kappa shape index (κ3) is 1.93. The lowest BCUT2D eigenvalue weighted by Gasteiger charge is -2.07. The van der Waals surface area contributed by atoms with Crippen molar-refractivity contribution in [3.8, 4) is 5.69 Å². The Kier molecular flexibility index (Phi) is 2.85. The van der Waals surface area contributed by atoms with E-state index in [1.165, 1.54) is 5.56 Å². The molecule has 1 aliphatic carbocycles. The Balaban J connectivity index is 2.15. The Morgan fingerprint density at radius 1 is 1.42 bits per heavy atom. The molecule has 98 valence electrons. The van der Waals surface area contributed by atoms with Crippen molar-refractivity contribution in [3.05, 3.63) is 46.8 Å². The molecule has 1 heterocycles. The predicted molar refractivity (Wildman–Crippen MR) is 71.9 cm³/mol. The summed E-state index contributed by atoms with van der Waals surface area (Å²) in [5.41, 5.74) is 4.39. The predicted octanol–water partition coefficient (Wildman–Crippen LogP) is 2.62. The number of fused-ring (bicyclic) bond motifs is 1. The summed E-state index contributed by atoms with van der Waals surface area (Å²) in [6.07, 6.45) is 3.71. The van der Waals surface area contributed by atoms with Gasteiger partial charge < -0.3 is 5.11 Å². The van der Waals surface area contributed by atoms with Crippen LogP contribution in [0.3, 0.4) is 0 Å². The monoisotopic (exact) mass is 256 g/mol. The van der Waals surface area contributed by atoms with Gasteiger partial charge in [-0.3, -0.25) is 0 Å². The second-order valence-corrected chi connectivity index (χ2v) is 4.87. The van der Waals surface area contributed by atoms with Gasteiger partial charge in [-0.1, -0.05) is 19.1 Å². The van der Waals surface area contributed by atoms with Crippen LogP contribution in [0.25, 0.3) is 5.69 Å². The summed E-state index contributed by atoms with van der Waals surface area (Å²) in [4.78, 5) is 11.3. The van der Waals surface area contributed by atoms with E-state index in [1.54, 1.807) is 0 Å². The van der Waals surface area contributed by atoms with E-state index in [0.29, 0.717) is 0 Å². The first-order chi connectivity index (χ1) is 9.20. The molecule has 3 rings (SSSR count). The number of rotatable bonds is 3. The van der Waals surface area contributed by atoms with E-state index in [0.717, 1.165) is 42.6 Å². The van der Waals surface area contributed by atoms with E-state index in [1.807, 2.05) is 16.8 Å². The van der Waals surface area contributed by atoms with E-state index < -0.39 is 5.97 Å². The Bertz CT molecular complexity index is 644. The topological polar surface area (TPSA) is 55.1 Å². The minimum absolute atomic E-state index is 0.217. The number of hydrogen-bond acceptors (Lipinski definition) is 2. The average Bonchev–Trinajstić information content (AvgIpc) is 2.99. The molecule has 0 amide bonds. The molecule has 4 nitrogen and oxygen atoms in total. The molecule has 0 unspecified atom stereocenters. The summed E-state index contributed by atoms with van der Waals surface area (Å²) < 4.78 is 1.81. The number of aromatic carboxylic acids is 1. The number of hydrogen-bond donors (Lipinski definition) is 1. The lowest BCUT2D eigenvalue weighted by Crippen LogP contribution is -2.04. The summed E-state index contributed by atoms with van der Waals surface area (Å²) in [6.45, 7) is 2.11. The highest BCUT2D eigenvalue weighted by Gasteiger charge is 2.26. The highest BCUT2D eigenvalue weighted by Crippen LogP contribution is 2.28. The van der Waals surface area contributed by atoms with Crippen molar-refractivity contribution in [3.63, 3.8) is 0 Å². The molecule has 1 aromatic heterocycles. The molecule has 1 aliphatic rings. The fourth-order valence-corrected chi connectivity index (χ4v) is 2.73. The van der Waals surface area contributed by atoms with Gasteiger partial charge in [-0.15, -0.1) is 0 Å². The van der Waals surface area contributed by atoms with Gasteiger partial charge in [0, 0.05) is 11.3 Å². The summed E-state index contributed by atoms with van der Waals surface area (Å²) in [5, 5.41) is 13.5. The summed E-state index contributed by atoms with van der Waals surface area (Å²) in [6, 6.07) is 8.14. The van der Waals surface area contributed by atoms with Crippen LogP contribution in [0.5, 0.6) is 0 Å². The number of nitrogens with zero attached hydrogens (tertiary/aromatic N) is 2. The first-order valence-electron chi connectivity index (χ1n) is 6.64. The summed E-state index contributed by atoms with van der Waals surface area (Å²) >= 11 is 0. The van der Waals surface area contributed by atoms with Crippen molar-refractivity contribution in [2.24, 2.45) is 0 Å². The number of carbonyl (C=O) groups is 1. The molecular weight excluding hydrogens is 240 g/mol. The molecule has 1 N–H and O–H groups in total. The average molecular weight is 256 g/mol. The van der Waals surface area contributed by atoms with E-state index in [-0.39, 0.29) is 5.69 Å². The van der Waals surface area contributed by atoms with E-state index in [2.05, 4.69) is 24.2 Å². The van der Waals surface area contributed by atoms with Crippen molar-refractivity contribution >= 4 is 5.97 Å². The standard InChI is InChI=1S/C15H16N2O2/c1-2-10-5-3-6-11(9-10)17-13-8-4-7-12(13)14(16-17)15(18)19/h3,5-6,9H,2,4,7-8H2,1H3,(H,18,19). The zero-order chi connectivity index (χ0) is 13.4. The maximum Gasteiger partial charge on any atom is 0.356 e. The molecule has 0 saturated heterocycles. The maximum absolute atomic E-state index is 11.3. The third-order valence-corrected chi connectivity index (χ3v) is 3.70. The lowest BCUT2D eigenvalue weighted by atomic mass is 10.1. The molecule has 4 heteroatoms. The number of carboxylic acid groups (broad SMARTS) is 1. The molecule has 0 atom stereocenters. The van der Waals surface area contributed by atoms with E-state index in [4.69, 9.17) is 0 Å². The molecule has 2 aromatic rings. The number of aryl methyl sites for hydroxylation is 1. The Hall–Kier alpha value is -2.10. The minimum atomic E-state index is -0.927.